The van der Waals surface area contributed by atoms with Gasteiger partial charge in [0.1, 0.15) is 5.75 Å². The summed E-state index contributed by atoms with van der Waals surface area (Å²) in [6, 6.07) is 7.21. The fourth-order valence-corrected chi connectivity index (χ4v) is 3.25. The van der Waals surface area contributed by atoms with E-state index in [1.807, 2.05) is 29.1 Å². The largest absolute Gasteiger partial charge is 0.508 e. The molecule has 3 rings (SSSR count). The first kappa shape index (κ1) is 16.4. The summed E-state index contributed by atoms with van der Waals surface area (Å²) in [6.45, 7) is 3.44. The van der Waals surface area contributed by atoms with Gasteiger partial charge in [-0.05, 0) is 48.4 Å². The topological polar surface area (TPSA) is 79.2 Å². The smallest absolute Gasteiger partial charge is 0.315 e. The number of aromatic nitrogens is 2. The molecule has 0 spiro atoms. The Hall–Kier alpha value is -2.50. The first-order valence-electron chi connectivity index (χ1n) is 8.46. The van der Waals surface area contributed by atoms with E-state index in [1.165, 1.54) is 0 Å². The Labute approximate surface area is 141 Å². The maximum Gasteiger partial charge on any atom is 0.315 e. The van der Waals surface area contributed by atoms with Crippen LogP contribution in [0.3, 0.4) is 0 Å². The second-order valence-electron chi connectivity index (χ2n) is 6.48. The minimum absolute atomic E-state index is 0.0396. The van der Waals surface area contributed by atoms with Gasteiger partial charge in [-0.3, -0.25) is 4.68 Å². The first-order valence-corrected chi connectivity index (χ1v) is 8.46. The number of fused-ring (bicyclic) bond motifs is 1. The molecule has 3 N–H and O–H groups in total. The Morgan fingerprint density at radius 1 is 1.46 bits per heavy atom. The summed E-state index contributed by atoms with van der Waals surface area (Å²) in [5, 5.41) is 20.1. The number of rotatable bonds is 5. The summed E-state index contributed by atoms with van der Waals surface area (Å²) >= 11 is 0. The number of phenolic OH excluding ortho intramolecular Hbond substituents is 1. The van der Waals surface area contributed by atoms with Crippen LogP contribution in [0.2, 0.25) is 0 Å². The van der Waals surface area contributed by atoms with Crippen molar-refractivity contribution < 1.29 is 9.90 Å². The molecule has 2 aromatic rings. The minimum Gasteiger partial charge on any atom is -0.508 e. The molecule has 0 bridgehead atoms. The molecule has 1 aliphatic carbocycles. The van der Waals surface area contributed by atoms with Crippen LogP contribution in [-0.2, 0) is 13.0 Å². The molecule has 2 amide bonds. The number of benzene rings is 1. The molecule has 24 heavy (non-hydrogen) atoms. The van der Waals surface area contributed by atoms with Crippen LogP contribution in [0.4, 0.5) is 4.79 Å². The van der Waals surface area contributed by atoms with Crippen LogP contribution in [0, 0.1) is 5.92 Å². The number of amides is 2. The lowest BCUT2D eigenvalue weighted by Crippen LogP contribution is -2.41. The quantitative estimate of drug-likeness (QED) is 0.789. The number of hydrogen-bond acceptors (Lipinski definition) is 3. The molecule has 1 heterocycles. The van der Waals surface area contributed by atoms with E-state index >= 15 is 0 Å². The van der Waals surface area contributed by atoms with Crippen molar-refractivity contribution in [3.8, 4) is 5.75 Å². The normalized spacial score (nSPS) is 17.8. The van der Waals surface area contributed by atoms with E-state index < -0.39 is 0 Å². The summed E-state index contributed by atoms with van der Waals surface area (Å²) in [4.78, 5) is 12.2. The van der Waals surface area contributed by atoms with Crippen LogP contribution >= 0.6 is 0 Å². The Bertz CT molecular complexity index is 684. The van der Waals surface area contributed by atoms with Crippen LogP contribution in [0.1, 0.15) is 36.9 Å². The van der Waals surface area contributed by atoms with Crippen molar-refractivity contribution in [3.63, 3.8) is 0 Å². The van der Waals surface area contributed by atoms with Gasteiger partial charge in [0.25, 0.3) is 0 Å². The molecule has 0 radical (unpaired) electrons. The molecule has 2 unspecified atom stereocenters. The first-order chi connectivity index (χ1) is 11.6. The van der Waals surface area contributed by atoms with Crippen LogP contribution in [0.25, 0.3) is 0 Å². The number of hydrogen-bond donors (Lipinski definition) is 3. The standard InChI is InChI=1S/C18H24N4O2/c1-13(12-22-10-4-9-20-22)11-19-18(24)21-16-7-2-6-15-14(16)5-3-8-17(15)23/h3-5,8-10,13,16,23H,2,6-7,11-12H2,1H3,(H2,19,21,24). The van der Waals surface area contributed by atoms with E-state index in [0.717, 1.165) is 36.9 Å². The van der Waals surface area contributed by atoms with Crippen molar-refractivity contribution in [2.45, 2.75) is 38.8 Å². The SMILES string of the molecule is CC(CNC(=O)NC1CCCc2c(O)cccc21)Cn1cccn1. The van der Waals surface area contributed by atoms with Gasteiger partial charge in [-0.15, -0.1) is 0 Å². The van der Waals surface area contributed by atoms with Crippen LogP contribution in [0.5, 0.6) is 5.75 Å². The molecule has 1 aromatic heterocycles. The number of carbonyl (C=O) groups is 1. The van der Waals surface area contributed by atoms with Gasteiger partial charge in [-0.1, -0.05) is 19.1 Å². The van der Waals surface area contributed by atoms with Gasteiger partial charge in [-0.25, -0.2) is 4.79 Å². The molecule has 0 fully saturated rings. The lowest BCUT2D eigenvalue weighted by molar-refractivity contribution is 0.233. The molecule has 1 aromatic carbocycles. The van der Waals surface area contributed by atoms with Gasteiger partial charge >= 0.3 is 6.03 Å². The molecule has 0 saturated carbocycles. The van der Waals surface area contributed by atoms with E-state index in [4.69, 9.17) is 0 Å². The van der Waals surface area contributed by atoms with Gasteiger partial charge in [0.15, 0.2) is 0 Å². The molecule has 2 atom stereocenters. The summed E-state index contributed by atoms with van der Waals surface area (Å²) in [5.74, 6) is 0.616. The summed E-state index contributed by atoms with van der Waals surface area (Å²) < 4.78 is 1.87. The van der Waals surface area contributed by atoms with Gasteiger partial charge < -0.3 is 15.7 Å². The van der Waals surface area contributed by atoms with E-state index in [2.05, 4.69) is 22.7 Å². The van der Waals surface area contributed by atoms with E-state index in [9.17, 15) is 9.90 Å². The van der Waals surface area contributed by atoms with Gasteiger partial charge in [0.05, 0.1) is 6.04 Å². The predicted octanol–water partition coefficient (Wildman–Crippen LogP) is 2.60. The zero-order valence-electron chi connectivity index (χ0n) is 13.9. The fourth-order valence-electron chi connectivity index (χ4n) is 3.25. The highest BCUT2D eigenvalue weighted by molar-refractivity contribution is 5.74. The molecule has 0 saturated heterocycles. The van der Waals surface area contributed by atoms with Crippen molar-refractivity contribution in [2.75, 3.05) is 6.54 Å². The summed E-state index contributed by atoms with van der Waals surface area (Å²) in [7, 11) is 0. The highest BCUT2D eigenvalue weighted by Gasteiger charge is 2.23. The van der Waals surface area contributed by atoms with E-state index in [0.29, 0.717) is 18.2 Å². The second-order valence-corrected chi connectivity index (χ2v) is 6.48. The number of carbonyl (C=O) groups excluding carboxylic acids is 1. The Morgan fingerprint density at radius 2 is 2.33 bits per heavy atom. The number of aromatic hydroxyl groups is 1. The number of nitrogens with one attached hydrogen (secondary N) is 2. The maximum absolute atomic E-state index is 12.2. The third-order valence-corrected chi connectivity index (χ3v) is 4.46. The van der Waals surface area contributed by atoms with Crippen molar-refractivity contribution in [1.29, 1.82) is 0 Å². The van der Waals surface area contributed by atoms with Crippen LogP contribution in [0.15, 0.2) is 36.7 Å². The average Bonchev–Trinajstić information content (AvgIpc) is 3.07. The molecule has 128 valence electrons. The molecular formula is C18H24N4O2. The van der Waals surface area contributed by atoms with Gasteiger partial charge in [0.2, 0.25) is 0 Å². The number of phenols is 1. The second kappa shape index (κ2) is 7.38. The van der Waals surface area contributed by atoms with Crippen molar-refractivity contribution in [3.05, 3.63) is 47.8 Å². The lowest BCUT2D eigenvalue weighted by Gasteiger charge is -2.27. The van der Waals surface area contributed by atoms with E-state index in [1.54, 1.807) is 12.3 Å². The Kier molecular flexibility index (Phi) is 5.03. The maximum atomic E-state index is 12.2. The van der Waals surface area contributed by atoms with Crippen molar-refractivity contribution >= 4 is 6.03 Å². The summed E-state index contributed by atoms with van der Waals surface area (Å²) in [6.07, 6.45) is 6.39. The number of urea groups is 1. The molecule has 1 aliphatic rings. The summed E-state index contributed by atoms with van der Waals surface area (Å²) in [5.41, 5.74) is 1.99. The van der Waals surface area contributed by atoms with Gasteiger partial charge in [0, 0.05) is 25.5 Å². The van der Waals surface area contributed by atoms with Crippen LogP contribution in [-0.4, -0.2) is 27.5 Å². The predicted molar refractivity (Wildman–Crippen MR) is 91.7 cm³/mol. The monoisotopic (exact) mass is 328 g/mol. The van der Waals surface area contributed by atoms with Crippen molar-refractivity contribution in [2.24, 2.45) is 5.92 Å². The van der Waals surface area contributed by atoms with Crippen LogP contribution < -0.4 is 10.6 Å². The lowest BCUT2D eigenvalue weighted by atomic mass is 9.87. The highest BCUT2D eigenvalue weighted by Crippen LogP contribution is 2.34. The average molecular weight is 328 g/mol. The molecule has 6 heteroatoms. The minimum atomic E-state index is -0.163. The van der Waals surface area contributed by atoms with Crippen molar-refractivity contribution in [1.82, 2.24) is 20.4 Å². The van der Waals surface area contributed by atoms with Gasteiger partial charge in [-0.2, -0.15) is 5.10 Å². The zero-order chi connectivity index (χ0) is 16.9. The molecule has 0 aliphatic heterocycles. The Morgan fingerprint density at radius 3 is 3.12 bits per heavy atom. The fraction of sp³-hybridized carbons (Fsp3) is 0.444. The Balaban J connectivity index is 1.52. The third kappa shape index (κ3) is 3.88. The van der Waals surface area contributed by atoms with E-state index in [-0.39, 0.29) is 12.1 Å². The zero-order valence-corrected chi connectivity index (χ0v) is 13.9. The highest BCUT2D eigenvalue weighted by atomic mass is 16.3. The number of nitrogens with zero attached hydrogens (tertiary/aromatic N) is 2. The molecular weight excluding hydrogens is 304 g/mol. The molecule has 6 nitrogen and oxygen atoms in total. The third-order valence-electron chi connectivity index (χ3n) is 4.46.